The summed E-state index contributed by atoms with van der Waals surface area (Å²) >= 11 is 0. The van der Waals surface area contributed by atoms with E-state index in [4.69, 9.17) is 9.73 Å². The molecule has 0 radical (unpaired) electrons. The number of aliphatic hydroxyl groups excluding tert-OH is 1. The Labute approximate surface area is 173 Å². The standard InChI is InChI=1S/C23H32N4O2/c1-3-24-23(25-18-21(28)17-19-7-5-4-6-8-19)27-15-13-26(14-16-27)20-9-11-22(29-2)12-10-20/h4-12,21,28H,3,13-18H2,1-2H3,(H,24,25). The third kappa shape index (κ3) is 6.12. The Hall–Kier alpha value is -2.73. The number of nitrogens with zero attached hydrogens (tertiary/aromatic N) is 3. The van der Waals surface area contributed by atoms with Crippen molar-refractivity contribution in [3.63, 3.8) is 0 Å². The van der Waals surface area contributed by atoms with Crippen LogP contribution in [0.3, 0.4) is 0 Å². The van der Waals surface area contributed by atoms with Gasteiger partial charge in [-0.3, -0.25) is 4.99 Å². The number of piperazine rings is 1. The molecule has 6 nitrogen and oxygen atoms in total. The van der Waals surface area contributed by atoms with E-state index in [2.05, 4.69) is 34.2 Å². The van der Waals surface area contributed by atoms with Gasteiger partial charge in [0.1, 0.15) is 5.75 Å². The third-order valence-electron chi connectivity index (χ3n) is 5.12. The van der Waals surface area contributed by atoms with Crippen LogP contribution in [0.4, 0.5) is 5.69 Å². The second kappa shape index (κ2) is 10.7. The van der Waals surface area contributed by atoms with Crippen molar-refractivity contribution in [3.05, 3.63) is 60.2 Å². The van der Waals surface area contributed by atoms with Crippen LogP contribution in [0.2, 0.25) is 0 Å². The van der Waals surface area contributed by atoms with Crippen LogP contribution in [0, 0.1) is 0 Å². The fourth-order valence-electron chi connectivity index (χ4n) is 3.54. The summed E-state index contributed by atoms with van der Waals surface area (Å²) in [4.78, 5) is 9.36. The van der Waals surface area contributed by atoms with Gasteiger partial charge in [0.2, 0.25) is 0 Å². The molecule has 1 heterocycles. The van der Waals surface area contributed by atoms with E-state index in [-0.39, 0.29) is 0 Å². The van der Waals surface area contributed by atoms with Gasteiger partial charge in [-0.05, 0) is 36.8 Å². The number of aliphatic hydroxyl groups is 1. The van der Waals surface area contributed by atoms with E-state index in [0.717, 1.165) is 50.0 Å². The van der Waals surface area contributed by atoms with Crippen molar-refractivity contribution >= 4 is 11.6 Å². The number of hydrogen-bond acceptors (Lipinski definition) is 4. The molecule has 1 unspecified atom stereocenters. The Bertz CT molecular complexity index is 756. The van der Waals surface area contributed by atoms with Crippen molar-refractivity contribution < 1.29 is 9.84 Å². The van der Waals surface area contributed by atoms with Crippen LogP contribution in [0.1, 0.15) is 12.5 Å². The van der Waals surface area contributed by atoms with E-state index in [1.807, 2.05) is 42.5 Å². The maximum atomic E-state index is 10.4. The number of rotatable bonds is 7. The second-order valence-corrected chi connectivity index (χ2v) is 7.21. The number of anilines is 1. The highest BCUT2D eigenvalue weighted by molar-refractivity contribution is 5.80. The number of ether oxygens (including phenoxy) is 1. The van der Waals surface area contributed by atoms with E-state index in [1.165, 1.54) is 5.69 Å². The molecule has 1 atom stereocenters. The van der Waals surface area contributed by atoms with Crippen molar-refractivity contribution in [2.24, 2.45) is 4.99 Å². The van der Waals surface area contributed by atoms with Crippen molar-refractivity contribution in [2.45, 2.75) is 19.4 Å². The minimum Gasteiger partial charge on any atom is -0.497 e. The zero-order valence-electron chi connectivity index (χ0n) is 17.4. The van der Waals surface area contributed by atoms with Crippen LogP contribution < -0.4 is 15.0 Å². The molecule has 1 aliphatic rings. The second-order valence-electron chi connectivity index (χ2n) is 7.21. The number of nitrogens with one attached hydrogen (secondary N) is 1. The van der Waals surface area contributed by atoms with Gasteiger partial charge in [0.05, 0.1) is 19.8 Å². The number of methoxy groups -OCH3 is 1. The summed E-state index contributed by atoms with van der Waals surface area (Å²) in [7, 11) is 1.69. The van der Waals surface area contributed by atoms with Crippen LogP contribution in [0.15, 0.2) is 59.6 Å². The van der Waals surface area contributed by atoms with Gasteiger partial charge in [0.15, 0.2) is 5.96 Å². The van der Waals surface area contributed by atoms with Gasteiger partial charge < -0.3 is 25.0 Å². The molecule has 2 aromatic rings. The first-order valence-corrected chi connectivity index (χ1v) is 10.3. The third-order valence-corrected chi connectivity index (χ3v) is 5.12. The lowest BCUT2D eigenvalue weighted by molar-refractivity contribution is 0.183. The normalized spacial score (nSPS) is 15.9. The first-order valence-electron chi connectivity index (χ1n) is 10.3. The minimum absolute atomic E-state index is 0.399. The lowest BCUT2D eigenvalue weighted by Crippen LogP contribution is -2.52. The first kappa shape index (κ1) is 21.0. The van der Waals surface area contributed by atoms with Gasteiger partial charge in [-0.1, -0.05) is 30.3 Å². The number of hydrogen-bond donors (Lipinski definition) is 2. The SMILES string of the molecule is CCNC(=NCC(O)Cc1ccccc1)N1CCN(c2ccc(OC)cc2)CC1. The van der Waals surface area contributed by atoms with E-state index in [0.29, 0.717) is 13.0 Å². The molecular weight excluding hydrogens is 364 g/mol. The molecule has 6 heteroatoms. The summed E-state index contributed by atoms with van der Waals surface area (Å²) < 4.78 is 5.24. The molecular formula is C23H32N4O2. The quantitative estimate of drug-likeness (QED) is 0.556. The minimum atomic E-state index is -0.480. The van der Waals surface area contributed by atoms with E-state index < -0.39 is 6.10 Å². The Morgan fingerprint density at radius 3 is 2.38 bits per heavy atom. The summed E-state index contributed by atoms with van der Waals surface area (Å²) in [5.41, 5.74) is 2.35. The topological polar surface area (TPSA) is 60.3 Å². The maximum Gasteiger partial charge on any atom is 0.194 e. The maximum absolute atomic E-state index is 10.4. The van der Waals surface area contributed by atoms with Gasteiger partial charge in [0.25, 0.3) is 0 Å². The largest absolute Gasteiger partial charge is 0.497 e. The molecule has 29 heavy (non-hydrogen) atoms. The average molecular weight is 397 g/mol. The molecule has 1 fully saturated rings. The van der Waals surface area contributed by atoms with Crippen LogP contribution in [0.5, 0.6) is 5.75 Å². The predicted molar refractivity (Wildman–Crippen MR) is 119 cm³/mol. The van der Waals surface area contributed by atoms with Gasteiger partial charge in [-0.25, -0.2) is 0 Å². The summed E-state index contributed by atoms with van der Waals surface area (Å²) in [6.07, 6.45) is 0.140. The van der Waals surface area contributed by atoms with Gasteiger partial charge in [0, 0.05) is 44.8 Å². The monoisotopic (exact) mass is 396 g/mol. The predicted octanol–water partition coefficient (Wildman–Crippen LogP) is 2.39. The van der Waals surface area contributed by atoms with Gasteiger partial charge in [-0.15, -0.1) is 0 Å². The Kier molecular flexibility index (Phi) is 7.76. The van der Waals surface area contributed by atoms with Crippen LogP contribution in [0.25, 0.3) is 0 Å². The highest BCUT2D eigenvalue weighted by Crippen LogP contribution is 2.20. The molecule has 0 aromatic heterocycles. The smallest absolute Gasteiger partial charge is 0.194 e. The van der Waals surface area contributed by atoms with Crippen molar-refractivity contribution in [1.82, 2.24) is 10.2 Å². The Morgan fingerprint density at radius 2 is 1.76 bits per heavy atom. The number of benzene rings is 2. The Balaban J connectivity index is 1.54. The molecule has 1 saturated heterocycles. The fourth-order valence-corrected chi connectivity index (χ4v) is 3.54. The molecule has 1 aliphatic heterocycles. The number of guanidine groups is 1. The molecule has 3 rings (SSSR count). The van der Waals surface area contributed by atoms with Crippen molar-refractivity contribution in [1.29, 1.82) is 0 Å². The van der Waals surface area contributed by atoms with E-state index in [9.17, 15) is 5.11 Å². The molecule has 0 aliphatic carbocycles. The lowest BCUT2D eigenvalue weighted by atomic mass is 10.1. The summed E-state index contributed by atoms with van der Waals surface area (Å²) in [5.74, 6) is 1.76. The zero-order chi connectivity index (χ0) is 20.5. The summed E-state index contributed by atoms with van der Waals surface area (Å²) in [6.45, 7) is 6.94. The van der Waals surface area contributed by atoms with Gasteiger partial charge >= 0.3 is 0 Å². The molecule has 0 spiro atoms. The molecule has 0 bridgehead atoms. The van der Waals surface area contributed by atoms with Crippen molar-refractivity contribution in [2.75, 3.05) is 51.3 Å². The Morgan fingerprint density at radius 1 is 1.07 bits per heavy atom. The molecule has 156 valence electrons. The molecule has 0 amide bonds. The number of aliphatic imine (C=N–C) groups is 1. The lowest BCUT2D eigenvalue weighted by Gasteiger charge is -2.37. The summed E-state index contributed by atoms with van der Waals surface area (Å²) in [5, 5.41) is 13.8. The first-order chi connectivity index (χ1) is 14.2. The highest BCUT2D eigenvalue weighted by atomic mass is 16.5. The van der Waals surface area contributed by atoms with E-state index in [1.54, 1.807) is 7.11 Å². The van der Waals surface area contributed by atoms with Crippen molar-refractivity contribution in [3.8, 4) is 5.75 Å². The fraction of sp³-hybridized carbons (Fsp3) is 0.435. The van der Waals surface area contributed by atoms with Crippen LogP contribution in [-0.4, -0.2) is 68.4 Å². The summed E-state index contributed by atoms with van der Waals surface area (Å²) in [6, 6.07) is 18.3. The highest BCUT2D eigenvalue weighted by Gasteiger charge is 2.20. The van der Waals surface area contributed by atoms with Gasteiger partial charge in [-0.2, -0.15) is 0 Å². The van der Waals surface area contributed by atoms with Crippen LogP contribution in [-0.2, 0) is 6.42 Å². The van der Waals surface area contributed by atoms with E-state index >= 15 is 0 Å². The van der Waals surface area contributed by atoms with Crippen LogP contribution >= 0.6 is 0 Å². The zero-order valence-corrected chi connectivity index (χ0v) is 17.4. The molecule has 0 saturated carbocycles. The average Bonchev–Trinajstić information content (AvgIpc) is 2.77. The molecule has 2 aromatic carbocycles. The molecule has 2 N–H and O–H groups in total.